The minimum absolute atomic E-state index is 0.619. The van der Waals surface area contributed by atoms with Crippen molar-refractivity contribution >= 4 is 11.8 Å². The Balaban J connectivity index is 2.21. The Labute approximate surface area is 116 Å². The third-order valence-corrected chi connectivity index (χ3v) is 3.74. The Bertz CT molecular complexity index is 417. The van der Waals surface area contributed by atoms with E-state index in [0.717, 1.165) is 37.0 Å². The Morgan fingerprint density at radius 1 is 1.42 bits per heavy atom. The molecule has 0 saturated carbocycles. The van der Waals surface area contributed by atoms with E-state index in [9.17, 15) is 0 Å². The van der Waals surface area contributed by atoms with Gasteiger partial charge in [-0.05, 0) is 32.1 Å². The van der Waals surface area contributed by atoms with Crippen molar-refractivity contribution in [3.8, 4) is 0 Å². The van der Waals surface area contributed by atoms with Crippen molar-refractivity contribution in [2.75, 3.05) is 23.3 Å². The second-order valence-electron chi connectivity index (χ2n) is 5.76. The highest BCUT2D eigenvalue weighted by Gasteiger charge is 2.28. The largest absolute Gasteiger partial charge is 0.354 e. The van der Waals surface area contributed by atoms with Crippen LogP contribution in [0.25, 0.3) is 0 Å². The lowest BCUT2D eigenvalue weighted by Gasteiger charge is -2.29. The van der Waals surface area contributed by atoms with Crippen molar-refractivity contribution in [3.63, 3.8) is 0 Å². The molecule has 0 amide bonds. The summed E-state index contributed by atoms with van der Waals surface area (Å²) < 4.78 is 0. The van der Waals surface area contributed by atoms with Crippen LogP contribution in [0.15, 0.2) is 6.07 Å². The van der Waals surface area contributed by atoms with E-state index in [1.807, 2.05) is 6.92 Å². The number of anilines is 2. The molecule has 0 radical (unpaired) electrons. The van der Waals surface area contributed by atoms with Crippen LogP contribution in [0.3, 0.4) is 0 Å². The van der Waals surface area contributed by atoms with E-state index in [1.54, 1.807) is 0 Å². The van der Waals surface area contributed by atoms with Crippen LogP contribution in [0.1, 0.15) is 45.7 Å². The van der Waals surface area contributed by atoms with Gasteiger partial charge in [0.05, 0.1) is 0 Å². The van der Waals surface area contributed by atoms with Crippen LogP contribution in [0.5, 0.6) is 0 Å². The average molecular weight is 262 g/mol. The van der Waals surface area contributed by atoms with Gasteiger partial charge in [0, 0.05) is 30.9 Å². The monoisotopic (exact) mass is 262 g/mol. The van der Waals surface area contributed by atoms with Crippen molar-refractivity contribution in [3.05, 3.63) is 11.8 Å². The molecular formula is C15H26N4. The Hall–Kier alpha value is -1.32. The van der Waals surface area contributed by atoms with E-state index in [1.165, 1.54) is 12.8 Å². The van der Waals surface area contributed by atoms with Crippen LogP contribution in [-0.2, 0) is 0 Å². The molecule has 106 valence electrons. The maximum Gasteiger partial charge on any atom is 0.224 e. The predicted octanol–water partition coefficient (Wildman–Crippen LogP) is 3.23. The van der Waals surface area contributed by atoms with Gasteiger partial charge in [0.15, 0.2) is 0 Å². The van der Waals surface area contributed by atoms with Crippen molar-refractivity contribution in [2.24, 2.45) is 5.92 Å². The smallest absolute Gasteiger partial charge is 0.224 e. The summed E-state index contributed by atoms with van der Waals surface area (Å²) in [6.45, 7) is 10.8. The minimum atomic E-state index is 0.619. The first-order chi connectivity index (χ1) is 9.11. The maximum atomic E-state index is 4.69. The van der Waals surface area contributed by atoms with Crippen molar-refractivity contribution in [1.29, 1.82) is 0 Å². The fourth-order valence-corrected chi connectivity index (χ4v) is 2.79. The maximum absolute atomic E-state index is 4.69. The second-order valence-corrected chi connectivity index (χ2v) is 5.76. The minimum Gasteiger partial charge on any atom is -0.354 e. The first-order valence-electron chi connectivity index (χ1n) is 7.48. The zero-order valence-electron chi connectivity index (χ0n) is 12.6. The number of aromatic nitrogens is 2. The zero-order chi connectivity index (χ0) is 13.8. The van der Waals surface area contributed by atoms with Crippen LogP contribution in [0.2, 0.25) is 0 Å². The first-order valence-corrected chi connectivity index (χ1v) is 7.48. The van der Waals surface area contributed by atoms with Gasteiger partial charge in [-0.15, -0.1) is 0 Å². The molecule has 0 bridgehead atoms. The molecule has 19 heavy (non-hydrogen) atoms. The lowest BCUT2D eigenvalue weighted by molar-refractivity contribution is 0.489. The summed E-state index contributed by atoms with van der Waals surface area (Å²) in [6, 6.07) is 2.73. The van der Waals surface area contributed by atoms with E-state index in [0.29, 0.717) is 12.0 Å². The quantitative estimate of drug-likeness (QED) is 0.884. The summed E-state index contributed by atoms with van der Waals surface area (Å²) in [5.74, 6) is 2.53. The molecule has 1 unspecified atom stereocenters. The highest BCUT2D eigenvalue weighted by Crippen LogP contribution is 2.29. The molecule has 4 heteroatoms. The number of rotatable bonds is 5. The molecule has 0 aliphatic carbocycles. The third kappa shape index (κ3) is 3.37. The summed E-state index contributed by atoms with van der Waals surface area (Å²) in [5.41, 5.74) is 1.04. The van der Waals surface area contributed by atoms with E-state index < -0.39 is 0 Å². The second kappa shape index (κ2) is 6.22. The van der Waals surface area contributed by atoms with Crippen LogP contribution in [0, 0.1) is 12.8 Å². The summed E-state index contributed by atoms with van der Waals surface area (Å²) in [6.07, 6.45) is 3.63. The molecule has 1 aliphatic rings. The summed E-state index contributed by atoms with van der Waals surface area (Å²) in [4.78, 5) is 11.6. The summed E-state index contributed by atoms with van der Waals surface area (Å²) in [7, 11) is 0. The summed E-state index contributed by atoms with van der Waals surface area (Å²) >= 11 is 0. The molecule has 1 aliphatic heterocycles. The van der Waals surface area contributed by atoms with Gasteiger partial charge >= 0.3 is 0 Å². The normalized spacial score (nSPS) is 19.2. The number of hydrogen-bond donors (Lipinski definition) is 1. The van der Waals surface area contributed by atoms with Crippen LogP contribution < -0.4 is 10.2 Å². The van der Waals surface area contributed by atoms with Crippen LogP contribution >= 0.6 is 0 Å². The van der Waals surface area contributed by atoms with E-state index in [4.69, 9.17) is 0 Å². The molecule has 1 fully saturated rings. The molecule has 2 rings (SSSR count). The lowest BCUT2D eigenvalue weighted by Crippen LogP contribution is -2.34. The first kappa shape index (κ1) is 14.1. The van der Waals surface area contributed by atoms with Crippen molar-refractivity contribution in [2.45, 2.75) is 53.0 Å². The van der Waals surface area contributed by atoms with Gasteiger partial charge in [-0.25, -0.2) is 4.98 Å². The topological polar surface area (TPSA) is 41.1 Å². The molecule has 1 saturated heterocycles. The fourth-order valence-electron chi connectivity index (χ4n) is 2.79. The van der Waals surface area contributed by atoms with Gasteiger partial charge in [-0.1, -0.05) is 20.8 Å². The van der Waals surface area contributed by atoms with Gasteiger partial charge < -0.3 is 10.2 Å². The standard InChI is InChI=1S/C15H26N4/c1-5-8-16-15-17-12(4)10-14(18-15)19-9-6-7-13(19)11(2)3/h10-11,13H,5-9H2,1-4H3,(H,16,17,18). The molecule has 1 aromatic heterocycles. The predicted molar refractivity (Wildman–Crippen MR) is 80.8 cm³/mol. The third-order valence-electron chi connectivity index (χ3n) is 3.74. The Morgan fingerprint density at radius 2 is 2.21 bits per heavy atom. The highest BCUT2D eigenvalue weighted by molar-refractivity contribution is 5.46. The van der Waals surface area contributed by atoms with Gasteiger partial charge in [0.1, 0.15) is 5.82 Å². The molecule has 4 nitrogen and oxygen atoms in total. The molecule has 1 aromatic rings. The SMILES string of the molecule is CCCNc1nc(C)cc(N2CCCC2C(C)C)n1. The molecule has 0 spiro atoms. The number of nitrogens with one attached hydrogen (secondary N) is 1. The molecule has 1 N–H and O–H groups in total. The van der Waals surface area contributed by atoms with Crippen molar-refractivity contribution < 1.29 is 0 Å². The molecule has 1 atom stereocenters. The van der Waals surface area contributed by atoms with E-state index >= 15 is 0 Å². The van der Waals surface area contributed by atoms with E-state index in [-0.39, 0.29) is 0 Å². The molecule has 0 aromatic carbocycles. The summed E-state index contributed by atoms with van der Waals surface area (Å²) in [5, 5.41) is 3.29. The molecule has 2 heterocycles. The Morgan fingerprint density at radius 3 is 2.89 bits per heavy atom. The van der Waals surface area contributed by atoms with Gasteiger partial charge in [-0.2, -0.15) is 4.98 Å². The number of aryl methyl sites for hydroxylation is 1. The van der Waals surface area contributed by atoms with Crippen LogP contribution in [-0.4, -0.2) is 29.1 Å². The highest BCUT2D eigenvalue weighted by atomic mass is 15.3. The van der Waals surface area contributed by atoms with E-state index in [2.05, 4.69) is 47.0 Å². The Kier molecular flexibility index (Phi) is 4.61. The van der Waals surface area contributed by atoms with Gasteiger partial charge in [0.2, 0.25) is 5.95 Å². The zero-order valence-corrected chi connectivity index (χ0v) is 12.6. The fraction of sp³-hybridized carbons (Fsp3) is 0.733. The lowest BCUT2D eigenvalue weighted by atomic mass is 10.0. The van der Waals surface area contributed by atoms with Gasteiger partial charge in [-0.3, -0.25) is 0 Å². The molecular weight excluding hydrogens is 236 g/mol. The van der Waals surface area contributed by atoms with Gasteiger partial charge in [0.25, 0.3) is 0 Å². The van der Waals surface area contributed by atoms with Crippen molar-refractivity contribution in [1.82, 2.24) is 9.97 Å². The average Bonchev–Trinajstić information content (AvgIpc) is 2.85. The number of nitrogens with zero attached hydrogens (tertiary/aromatic N) is 3. The number of hydrogen-bond acceptors (Lipinski definition) is 4. The van der Waals surface area contributed by atoms with Crippen LogP contribution in [0.4, 0.5) is 11.8 Å².